The first-order valence-electron chi connectivity index (χ1n) is 7.94. The summed E-state index contributed by atoms with van der Waals surface area (Å²) < 4.78 is 6.42. The van der Waals surface area contributed by atoms with Crippen molar-refractivity contribution >= 4 is 11.6 Å². The van der Waals surface area contributed by atoms with Gasteiger partial charge in [-0.15, -0.1) is 0 Å². The minimum absolute atomic E-state index is 0.0785. The van der Waals surface area contributed by atoms with Crippen LogP contribution in [0.25, 0.3) is 0 Å². The zero-order valence-electron chi connectivity index (χ0n) is 13.6. The molecule has 0 saturated heterocycles. The van der Waals surface area contributed by atoms with Gasteiger partial charge in [0.15, 0.2) is 0 Å². The zero-order valence-corrected chi connectivity index (χ0v) is 14.4. The molecule has 0 spiro atoms. The summed E-state index contributed by atoms with van der Waals surface area (Å²) in [6, 6.07) is 7.78. The maximum absolute atomic E-state index is 6.42. The van der Waals surface area contributed by atoms with E-state index in [1.54, 1.807) is 0 Å². The van der Waals surface area contributed by atoms with Gasteiger partial charge in [-0.1, -0.05) is 50.6 Å². The molecule has 1 aliphatic carbocycles. The third-order valence-electron chi connectivity index (χ3n) is 4.37. The Kier molecular flexibility index (Phi) is 5.34. The van der Waals surface area contributed by atoms with Gasteiger partial charge in [-0.2, -0.15) is 0 Å². The zero-order chi connectivity index (χ0) is 15.6. The molecule has 4 atom stereocenters. The molecule has 1 aliphatic rings. The fourth-order valence-corrected chi connectivity index (χ4v) is 4.00. The summed E-state index contributed by atoms with van der Waals surface area (Å²) in [5.41, 5.74) is 7.52. The number of benzene rings is 1. The SMILES string of the molecule is CC1CC(OC(c2ccccc2Cl)C(C)N)CC(C)(C)C1. The first-order valence-corrected chi connectivity index (χ1v) is 8.32. The summed E-state index contributed by atoms with van der Waals surface area (Å²) in [5, 5.41) is 0.739. The van der Waals surface area contributed by atoms with Crippen molar-refractivity contribution in [2.24, 2.45) is 17.1 Å². The molecule has 1 fully saturated rings. The topological polar surface area (TPSA) is 35.2 Å². The Morgan fingerprint density at radius 3 is 2.52 bits per heavy atom. The molecule has 21 heavy (non-hydrogen) atoms. The van der Waals surface area contributed by atoms with Gasteiger partial charge in [-0.05, 0) is 43.6 Å². The first-order chi connectivity index (χ1) is 9.78. The number of rotatable bonds is 4. The Balaban J connectivity index is 2.16. The maximum atomic E-state index is 6.42. The predicted octanol–water partition coefficient (Wildman–Crippen LogP) is 4.96. The molecular weight excluding hydrogens is 282 g/mol. The van der Waals surface area contributed by atoms with Crippen LogP contribution in [0, 0.1) is 11.3 Å². The van der Waals surface area contributed by atoms with E-state index in [0.29, 0.717) is 11.3 Å². The second kappa shape index (κ2) is 6.68. The summed E-state index contributed by atoms with van der Waals surface area (Å²) in [4.78, 5) is 0. The van der Waals surface area contributed by atoms with Crippen LogP contribution in [0.3, 0.4) is 0 Å². The fraction of sp³-hybridized carbons (Fsp3) is 0.667. The van der Waals surface area contributed by atoms with Crippen molar-refractivity contribution in [1.29, 1.82) is 0 Å². The molecule has 0 radical (unpaired) electrons. The second-order valence-electron chi connectivity index (χ2n) is 7.47. The minimum Gasteiger partial charge on any atom is -0.369 e. The lowest BCUT2D eigenvalue weighted by Gasteiger charge is -2.40. The molecule has 2 rings (SSSR count). The predicted molar refractivity (Wildman–Crippen MR) is 89.5 cm³/mol. The van der Waals surface area contributed by atoms with Crippen molar-refractivity contribution < 1.29 is 4.74 Å². The Labute approximate surface area is 134 Å². The van der Waals surface area contributed by atoms with E-state index in [9.17, 15) is 0 Å². The van der Waals surface area contributed by atoms with Crippen molar-refractivity contribution in [3.05, 3.63) is 34.9 Å². The van der Waals surface area contributed by atoms with Gasteiger partial charge in [0.25, 0.3) is 0 Å². The largest absolute Gasteiger partial charge is 0.369 e. The quantitative estimate of drug-likeness (QED) is 0.853. The van der Waals surface area contributed by atoms with Gasteiger partial charge in [0.2, 0.25) is 0 Å². The van der Waals surface area contributed by atoms with Gasteiger partial charge in [0.05, 0.1) is 12.2 Å². The van der Waals surface area contributed by atoms with E-state index in [-0.39, 0.29) is 18.2 Å². The summed E-state index contributed by atoms with van der Waals surface area (Å²) in [5.74, 6) is 0.693. The molecule has 1 saturated carbocycles. The van der Waals surface area contributed by atoms with Crippen molar-refractivity contribution in [3.63, 3.8) is 0 Å². The van der Waals surface area contributed by atoms with Gasteiger partial charge >= 0.3 is 0 Å². The van der Waals surface area contributed by atoms with Crippen molar-refractivity contribution in [1.82, 2.24) is 0 Å². The Morgan fingerprint density at radius 1 is 1.29 bits per heavy atom. The number of hydrogen-bond acceptors (Lipinski definition) is 2. The van der Waals surface area contributed by atoms with E-state index in [2.05, 4.69) is 20.8 Å². The van der Waals surface area contributed by atoms with Crippen LogP contribution in [0.5, 0.6) is 0 Å². The number of ether oxygens (including phenoxy) is 1. The third-order valence-corrected chi connectivity index (χ3v) is 4.72. The number of hydrogen-bond donors (Lipinski definition) is 1. The Morgan fingerprint density at radius 2 is 1.95 bits per heavy atom. The molecule has 0 aliphatic heterocycles. The van der Waals surface area contributed by atoms with E-state index in [1.165, 1.54) is 6.42 Å². The molecule has 4 unspecified atom stereocenters. The highest BCUT2D eigenvalue weighted by molar-refractivity contribution is 6.31. The molecule has 1 aromatic carbocycles. The highest BCUT2D eigenvalue weighted by Gasteiger charge is 2.34. The summed E-state index contributed by atoms with van der Waals surface area (Å²) in [7, 11) is 0. The molecule has 2 nitrogen and oxygen atoms in total. The minimum atomic E-state index is -0.134. The Hall–Kier alpha value is -0.570. The average molecular weight is 310 g/mol. The van der Waals surface area contributed by atoms with Crippen molar-refractivity contribution in [2.45, 2.75) is 65.2 Å². The van der Waals surface area contributed by atoms with E-state index in [4.69, 9.17) is 22.1 Å². The molecule has 118 valence electrons. The molecule has 0 aromatic heterocycles. The van der Waals surface area contributed by atoms with Crippen LogP contribution < -0.4 is 5.73 Å². The van der Waals surface area contributed by atoms with Gasteiger partial charge in [0.1, 0.15) is 0 Å². The average Bonchev–Trinajstić information content (AvgIpc) is 2.34. The standard InChI is InChI=1S/C18H28ClNO/c1-12-9-14(11-18(3,4)10-12)21-17(13(2)20)15-7-5-6-8-16(15)19/h5-8,12-14,17H,9-11,20H2,1-4H3. The van der Waals surface area contributed by atoms with Gasteiger partial charge in [0, 0.05) is 16.6 Å². The molecule has 0 amide bonds. The van der Waals surface area contributed by atoms with Crippen LogP contribution in [-0.2, 0) is 4.74 Å². The van der Waals surface area contributed by atoms with Crippen LogP contribution in [0.2, 0.25) is 5.02 Å². The lowest BCUT2D eigenvalue weighted by Crippen LogP contribution is -2.37. The lowest BCUT2D eigenvalue weighted by atomic mass is 9.71. The van der Waals surface area contributed by atoms with Crippen LogP contribution in [0.15, 0.2) is 24.3 Å². The summed E-state index contributed by atoms with van der Waals surface area (Å²) in [6.07, 6.45) is 3.59. The molecule has 0 bridgehead atoms. The van der Waals surface area contributed by atoms with Crippen LogP contribution in [-0.4, -0.2) is 12.1 Å². The van der Waals surface area contributed by atoms with Crippen LogP contribution in [0.4, 0.5) is 0 Å². The summed E-state index contributed by atoms with van der Waals surface area (Å²) in [6.45, 7) is 8.96. The lowest BCUT2D eigenvalue weighted by molar-refractivity contribution is -0.0738. The van der Waals surface area contributed by atoms with E-state index < -0.39 is 0 Å². The van der Waals surface area contributed by atoms with Gasteiger partial charge in [-0.3, -0.25) is 0 Å². The van der Waals surface area contributed by atoms with Crippen LogP contribution in [0.1, 0.15) is 58.6 Å². The Bertz CT molecular complexity index is 472. The van der Waals surface area contributed by atoms with Crippen LogP contribution >= 0.6 is 11.6 Å². The fourth-order valence-electron chi connectivity index (χ4n) is 3.76. The maximum Gasteiger partial charge on any atom is 0.0991 e. The number of halogens is 1. The highest BCUT2D eigenvalue weighted by Crippen LogP contribution is 2.42. The molecule has 0 heterocycles. The second-order valence-corrected chi connectivity index (χ2v) is 7.88. The smallest absolute Gasteiger partial charge is 0.0991 e. The highest BCUT2D eigenvalue weighted by atomic mass is 35.5. The molecule has 3 heteroatoms. The molecule has 1 aromatic rings. The van der Waals surface area contributed by atoms with Crippen molar-refractivity contribution in [3.8, 4) is 0 Å². The monoisotopic (exact) mass is 309 g/mol. The van der Waals surface area contributed by atoms with E-state index in [0.717, 1.165) is 23.4 Å². The van der Waals surface area contributed by atoms with E-state index >= 15 is 0 Å². The number of nitrogens with two attached hydrogens (primary N) is 1. The normalized spacial score (nSPS) is 28.1. The van der Waals surface area contributed by atoms with Gasteiger partial charge in [-0.25, -0.2) is 0 Å². The first kappa shape index (κ1) is 16.8. The molecule has 2 N–H and O–H groups in total. The van der Waals surface area contributed by atoms with E-state index in [1.807, 2.05) is 31.2 Å². The van der Waals surface area contributed by atoms with Crippen molar-refractivity contribution in [2.75, 3.05) is 0 Å². The van der Waals surface area contributed by atoms with Gasteiger partial charge < -0.3 is 10.5 Å². The molecular formula is C18H28ClNO. The third kappa shape index (κ3) is 4.45. The summed E-state index contributed by atoms with van der Waals surface area (Å²) >= 11 is 6.33.